The number of nitrogens with one attached hydrogen (secondary N) is 1. The zero-order valence-corrected chi connectivity index (χ0v) is 19.8. The lowest BCUT2D eigenvalue weighted by atomic mass is 10.1. The van der Waals surface area contributed by atoms with Crippen LogP contribution in [0.2, 0.25) is 0 Å². The normalized spacial score (nSPS) is 11.0. The maximum Gasteiger partial charge on any atom is 0.234 e. The second-order valence-electron chi connectivity index (χ2n) is 8.00. The summed E-state index contributed by atoms with van der Waals surface area (Å²) in [4.78, 5) is 17.2. The highest BCUT2D eigenvalue weighted by atomic mass is 32.2. The number of benzene rings is 2. The summed E-state index contributed by atoms with van der Waals surface area (Å²) in [6.07, 6.45) is 3.69. The van der Waals surface area contributed by atoms with Crippen LogP contribution in [0.15, 0.2) is 60.0 Å². The van der Waals surface area contributed by atoms with Crippen molar-refractivity contribution in [3.8, 4) is 11.4 Å². The third-order valence-electron chi connectivity index (χ3n) is 5.39. The van der Waals surface area contributed by atoms with Gasteiger partial charge in [-0.25, -0.2) is 9.67 Å². The van der Waals surface area contributed by atoms with Gasteiger partial charge in [0.1, 0.15) is 0 Å². The topological polar surface area (TPSA) is 64.7 Å². The first kappa shape index (κ1) is 21.9. The van der Waals surface area contributed by atoms with Gasteiger partial charge in [0.2, 0.25) is 5.91 Å². The van der Waals surface area contributed by atoms with Crippen LogP contribution in [0.1, 0.15) is 28.1 Å². The number of amides is 1. The Morgan fingerprint density at radius 3 is 2.44 bits per heavy atom. The fourth-order valence-corrected chi connectivity index (χ4v) is 4.49. The van der Waals surface area contributed by atoms with E-state index in [2.05, 4.69) is 66.5 Å². The molecule has 32 heavy (non-hydrogen) atoms. The van der Waals surface area contributed by atoms with Gasteiger partial charge in [-0.2, -0.15) is 5.10 Å². The van der Waals surface area contributed by atoms with Crippen molar-refractivity contribution < 1.29 is 4.79 Å². The van der Waals surface area contributed by atoms with E-state index >= 15 is 0 Å². The lowest BCUT2D eigenvalue weighted by Crippen LogP contribution is -2.15. The Morgan fingerprint density at radius 2 is 1.72 bits per heavy atom. The SMILES string of the molecule is Cc1ccc(-n2nc(C)c(NC(=O)CSc3nccn3-c3ccc(C)cc3C)c2C)cc1. The Kier molecular flexibility index (Phi) is 6.19. The summed E-state index contributed by atoms with van der Waals surface area (Å²) in [5.41, 5.74) is 8.08. The summed E-state index contributed by atoms with van der Waals surface area (Å²) in [5.74, 6) is 0.177. The predicted octanol–water partition coefficient (Wildman–Crippen LogP) is 5.33. The average Bonchev–Trinajstić information content (AvgIpc) is 3.33. The molecular formula is C25H27N5OS. The molecule has 4 aromatic rings. The number of rotatable bonds is 6. The Labute approximate surface area is 192 Å². The standard InChI is InChI=1S/C25H27N5OS/c1-16-6-9-21(10-7-16)30-20(5)24(19(4)28-30)27-23(31)15-32-25-26-12-13-29(25)22-11-8-17(2)14-18(22)3/h6-14H,15H2,1-5H3,(H,27,31). The number of anilines is 1. The van der Waals surface area contributed by atoms with E-state index < -0.39 is 0 Å². The molecular weight excluding hydrogens is 418 g/mol. The second kappa shape index (κ2) is 9.04. The van der Waals surface area contributed by atoms with E-state index in [4.69, 9.17) is 0 Å². The van der Waals surface area contributed by atoms with Crippen LogP contribution in [0, 0.1) is 34.6 Å². The van der Waals surface area contributed by atoms with Gasteiger partial charge in [0, 0.05) is 12.4 Å². The minimum absolute atomic E-state index is 0.0835. The van der Waals surface area contributed by atoms with Gasteiger partial charge in [-0.3, -0.25) is 9.36 Å². The number of thioether (sulfide) groups is 1. The van der Waals surface area contributed by atoms with E-state index in [1.54, 1.807) is 6.20 Å². The van der Waals surface area contributed by atoms with Crippen LogP contribution >= 0.6 is 11.8 Å². The highest BCUT2D eigenvalue weighted by Gasteiger charge is 2.16. The van der Waals surface area contributed by atoms with Crippen molar-refractivity contribution in [2.24, 2.45) is 0 Å². The van der Waals surface area contributed by atoms with Crippen molar-refractivity contribution in [1.29, 1.82) is 0 Å². The molecule has 7 heteroatoms. The third kappa shape index (κ3) is 4.48. The van der Waals surface area contributed by atoms with E-state index in [9.17, 15) is 4.79 Å². The third-order valence-corrected chi connectivity index (χ3v) is 6.35. The smallest absolute Gasteiger partial charge is 0.234 e. The molecule has 6 nitrogen and oxygen atoms in total. The lowest BCUT2D eigenvalue weighted by molar-refractivity contribution is -0.113. The molecule has 0 atom stereocenters. The highest BCUT2D eigenvalue weighted by Crippen LogP contribution is 2.26. The Morgan fingerprint density at radius 1 is 1.00 bits per heavy atom. The van der Waals surface area contributed by atoms with Crippen LogP contribution in [-0.4, -0.2) is 31.0 Å². The first-order chi connectivity index (χ1) is 15.3. The van der Waals surface area contributed by atoms with Gasteiger partial charge in [-0.05, 0) is 58.4 Å². The largest absolute Gasteiger partial charge is 0.322 e. The van der Waals surface area contributed by atoms with E-state index in [1.165, 1.54) is 28.5 Å². The molecule has 4 rings (SSSR count). The molecule has 1 N–H and O–H groups in total. The van der Waals surface area contributed by atoms with Gasteiger partial charge >= 0.3 is 0 Å². The quantitative estimate of drug-likeness (QED) is 0.407. The summed E-state index contributed by atoms with van der Waals surface area (Å²) >= 11 is 1.42. The van der Waals surface area contributed by atoms with Crippen molar-refractivity contribution >= 4 is 23.4 Å². The zero-order valence-electron chi connectivity index (χ0n) is 19.0. The van der Waals surface area contributed by atoms with Gasteiger partial charge in [0.05, 0.1) is 34.2 Å². The molecule has 0 aliphatic heterocycles. The van der Waals surface area contributed by atoms with Crippen LogP contribution in [-0.2, 0) is 4.79 Å². The number of nitrogens with zero attached hydrogens (tertiary/aromatic N) is 4. The maximum atomic E-state index is 12.8. The average molecular weight is 446 g/mol. The molecule has 164 valence electrons. The fraction of sp³-hybridized carbons (Fsp3) is 0.240. The van der Waals surface area contributed by atoms with E-state index in [0.717, 1.165) is 33.6 Å². The van der Waals surface area contributed by atoms with Crippen molar-refractivity contribution in [3.63, 3.8) is 0 Å². The summed E-state index contributed by atoms with van der Waals surface area (Å²) in [6.45, 7) is 10.1. The molecule has 0 aliphatic rings. The number of hydrogen-bond acceptors (Lipinski definition) is 4. The first-order valence-corrected chi connectivity index (χ1v) is 11.5. The number of carbonyl (C=O) groups is 1. The Bertz CT molecular complexity index is 1270. The molecule has 2 aromatic heterocycles. The number of carbonyl (C=O) groups excluding carboxylic acids is 1. The van der Waals surface area contributed by atoms with Crippen LogP contribution in [0.3, 0.4) is 0 Å². The minimum atomic E-state index is -0.0835. The summed E-state index contributed by atoms with van der Waals surface area (Å²) < 4.78 is 3.89. The fourth-order valence-electron chi connectivity index (χ4n) is 3.72. The molecule has 0 aliphatic carbocycles. The van der Waals surface area contributed by atoms with E-state index in [1.807, 2.05) is 41.4 Å². The monoisotopic (exact) mass is 445 g/mol. The summed E-state index contributed by atoms with van der Waals surface area (Å²) in [7, 11) is 0. The first-order valence-electron chi connectivity index (χ1n) is 10.5. The summed E-state index contributed by atoms with van der Waals surface area (Å²) in [5, 5.41) is 8.45. The molecule has 0 spiro atoms. The molecule has 2 heterocycles. The van der Waals surface area contributed by atoms with Crippen molar-refractivity contribution in [2.75, 3.05) is 11.1 Å². The minimum Gasteiger partial charge on any atom is -0.322 e. The van der Waals surface area contributed by atoms with Gasteiger partial charge in [0.15, 0.2) is 5.16 Å². The maximum absolute atomic E-state index is 12.8. The van der Waals surface area contributed by atoms with Crippen molar-refractivity contribution in [2.45, 2.75) is 39.8 Å². The van der Waals surface area contributed by atoms with Crippen molar-refractivity contribution in [1.82, 2.24) is 19.3 Å². The number of aryl methyl sites for hydroxylation is 4. The number of imidazole rings is 1. The van der Waals surface area contributed by atoms with E-state index in [-0.39, 0.29) is 11.7 Å². The molecule has 1 amide bonds. The predicted molar refractivity (Wildman–Crippen MR) is 130 cm³/mol. The van der Waals surface area contributed by atoms with Crippen LogP contribution in [0.4, 0.5) is 5.69 Å². The van der Waals surface area contributed by atoms with Crippen molar-refractivity contribution in [3.05, 3.63) is 82.9 Å². The van der Waals surface area contributed by atoms with Gasteiger partial charge in [-0.1, -0.05) is 47.2 Å². The van der Waals surface area contributed by atoms with Gasteiger partial charge < -0.3 is 5.32 Å². The van der Waals surface area contributed by atoms with E-state index in [0.29, 0.717) is 0 Å². The molecule has 0 bridgehead atoms. The number of aromatic nitrogens is 4. The zero-order chi connectivity index (χ0) is 22.8. The van der Waals surface area contributed by atoms with Gasteiger partial charge in [-0.15, -0.1) is 0 Å². The Balaban J connectivity index is 1.47. The molecule has 0 fully saturated rings. The van der Waals surface area contributed by atoms with Crippen LogP contribution in [0.5, 0.6) is 0 Å². The Hall–Kier alpha value is -3.32. The second-order valence-corrected chi connectivity index (χ2v) is 8.94. The van der Waals surface area contributed by atoms with Crippen LogP contribution < -0.4 is 5.32 Å². The number of hydrogen-bond donors (Lipinski definition) is 1. The summed E-state index contributed by atoms with van der Waals surface area (Å²) in [6, 6.07) is 14.5. The molecule has 2 aromatic carbocycles. The molecule has 0 unspecified atom stereocenters. The molecule has 0 saturated carbocycles. The molecule has 0 radical (unpaired) electrons. The highest BCUT2D eigenvalue weighted by molar-refractivity contribution is 7.99. The lowest BCUT2D eigenvalue weighted by Gasteiger charge is -2.11. The molecule has 0 saturated heterocycles. The van der Waals surface area contributed by atoms with Crippen LogP contribution in [0.25, 0.3) is 11.4 Å². The van der Waals surface area contributed by atoms with Gasteiger partial charge in [0.25, 0.3) is 0 Å².